The third-order valence-electron chi connectivity index (χ3n) is 4.71. The van der Waals surface area contributed by atoms with Crippen LogP contribution in [0.25, 0.3) is 0 Å². The first-order valence-electron chi connectivity index (χ1n) is 8.17. The molecule has 0 unspecified atom stereocenters. The van der Waals surface area contributed by atoms with Crippen LogP contribution in [0, 0.1) is 12.8 Å². The van der Waals surface area contributed by atoms with Gasteiger partial charge in [0.2, 0.25) is 0 Å². The molecule has 1 aromatic rings. The van der Waals surface area contributed by atoms with E-state index in [1.54, 1.807) is 11.3 Å². The van der Waals surface area contributed by atoms with Gasteiger partial charge in [-0.15, -0.1) is 11.3 Å². The van der Waals surface area contributed by atoms with E-state index in [1.165, 1.54) is 0 Å². The van der Waals surface area contributed by atoms with E-state index in [0.29, 0.717) is 12.0 Å². The maximum atomic E-state index is 12.8. The highest BCUT2D eigenvalue weighted by atomic mass is 32.1. The number of thiazole rings is 1. The van der Waals surface area contributed by atoms with Crippen molar-refractivity contribution < 1.29 is 9.53 Å². The number of ether oxygens (including phenoxy) is 1. The van der Waals surface area contributed by atoms with Crippen molar-refractivity contribution in [3.8, 4) is 0 Å². The zero-order valence-corrected chi connectivity index (χ0v) is 14.5. The number of carbonyl (C=O) groups is 1. The van der Waals surface area contributed by atoms with Crippen molar-refractivity contribution in [3.05, 3.63) is 15.6 Å². The molecule has 3 rings (SSSR count). The summed E-state index contributed by atoms with van der Waals surface area (Å²) in [6.45, 7) is 11.5. The molecule has 0 radical (unpaired) electrons. The van der Waals surface area contributed by atoms with Crippen molar-refractivity contribution in [3.63, 3.8) is 0 Å². The van der Waals surface area contributed by atoms with Gasteiger partial charge in [-0.25, -0.2) is 4.98 Å². The van der Waals surface area contributed by atoms with Gasteiger partial charge < -0.3 is 9.64 Å². The van der Waals surface area contributed by atoms with E-state index in [9.17, 15) is 4.79 Å². The Balaban J connectivity index is 1.70. The summed E-state index contributed by atoms with van der Waals surface area (Å²) in [6.07, 6.45) is 0.894. The molecule has 5 nitrogen and oxygen atoms in total. The maximum absolute atomic E-state index is 12.8. The van der Waals surface area contributed by atoms with E-state index < -0.39 is 0 Å². The number of hydrogen-bond acceptors (Lipinski definition) is 5. The van der Waals surface area contributed by atoms with E-state index >= 15 is 0 Å². The molecule has 3 heterocycles. The lowest BCUT2D eigenvalue weighted by atomic mass is 10.0. The SMILES string of the molecule is CCc1nc(C)c(C(=O)N2C[C@H](C)[C@@H](N3CCOCC3)C2)s1. The van der Waals surface area contributed by atoms with Crippen LogP contribution < -0.4 is 0 Å². The highest BCUT2D eigenvalue weighted by Crippen LogP contribution is 2.27. The minimum Gasteiger partial charge on any atom is -0.379 e. The van der Waals surface area contributed by atoms with E-state index in [2.05, 4.69) is 23.7 Å². The molecule has 2 fully saturated rings. The molecule has 0 aliphatic carbocycles. The zero-order chi connectivity index (χ0) is 15.7. The monoisotopic (exact) mass is 323 g/mol. The van der Waals surface area contributed by atoms with Gasteiger partial charge in [-0.05, 0) is 19.3 Å². The average molecular weight is 323 g/mol. The first-order valence-corrected chi connectivity index (χ1v) is 8.99. The molecule has 2 aliphatic rings. The number of amides is 1. The van der Waals surface area contributed by atoms with Gasteiger partial charge in [0.15, 0.2) is 0 Å². The fraction of sp³-hybridized carbons (Fsp3) is 0.750. The number of morpholine rings is 1. The lowest BCUT2D eigenvalue weighted by Crippen LogP contribution is -2.47. The third kappa shape index (κ3) is 3.05. The normalized spacial score (nSPS) is 26.6. The molecule has 1 aromatic heterocycles. The van der Waals surface area contributed by atoms with Crippen LogP contribution in [0.3, 0.4) is 0 Å². The minimum absolute atomic E-state index is 0.164. The average Bonchev–Trinajstić information content (AvgIpc) is 3.10. The lowest BCUT2D eigenvalue weighted by molar-refractivity contribution is 0.0119. The number of aryl methyl sites for hydroxylation is 2. The van der Waals surface area contributed by atoms with Crippen LogP contribution in [0.2, 0.25) is 0 Å². The number of nitrogens with zero attached hydrogens (tertiary/aromatic N) is 3. The minimum atomic E-state index is 0.164. The van der Waals surface area contributed by atoms with Crippen molar-refractivity contribution in [2.75, 3.05) is 39.4 Å². The number of hydrogen-bond donors (Lipinski definition) is 0. The summed E-state index contributed by atoms with van der Waals surface area (Å²) < 4.78 is 5.44. The summed E-state index contributed by atoms with van der Waals surface area (Å²) in [5.41, 5.74) is 0.884. The van der Waals surface area contributed by atoms with E-state index in [1.807, 2.05) is 11.8 Å². The van der Waals surface area contributed by atoms with Crippen molar-refractivity contribution in [1.29, 1.82) is 0 Å². The Hall–Kier alpha value is -0.980. The van der Waals surface area contributed by atoms with Gasteiger partial charge in [0.05, 0.1) is 23.9 Å². The number of likely N-dealkylation sites (tertiary alicyclic amines) is 1. The van der Waals surface area contributed by atoms with E-state index in [0.717, 1.165) is 61.4 Å². The van der Waals surface area contributed by atoms with Gasteiger partial charge >= 0.3 is 0 Å². The molecule has 0 spiro atoms. The standard InChI is InChI=1S/C16H25N3O2S/c1-4-14-17-12(3)15(22-14)16(20)19-9-11(2)13(10-19)18-5-7-21-8-6-18/h11,13H,4-10H2,1-3H3/t11-,13-/m0/s1. The molecular formula is C16H25N3O2S. The highest BCUT2D eigenvalue weighted by molar-refractivity contribution is 7.13. The molecular weight excluding hydrogens is 298 g/mol. The maximum Gasteiger partial charge on any atom is 0.265 e. The van der Waals surface area contributed by atoms with E-state index in [-0.39, 0.29) is 5.91 Å². The van der Waals surface area contributed by atoms with Crippen LogP contribution in [0.4, 0.5) is 0 Å². The van der Waals surface area contributed by atoms with Crippen molar-refractivity contribution in [2.24, 2.45) is 5.92 Å². The van der Waals surface area contributed by atoms with Crippen LogP contribution in [0.15, 0.2) is 0 Å². The molecule has 0 saturated carbocycles. The van der Waals surface area contributed by atoms with Gasteiger partial charge in [0.1, 0.15) is 4.88 Å². The zero-order valence-electron chi connectivity index (χ0n) is 13.7. The Morgan fingerprint density at radius 2 is 2.09 bits per heavy atom. The van der Waals surface area contributed by atoms with Gasteiger partial charge in [-0.3, -0.25) is 9.69 Å². The predicted molar refractivity (Wildman–Crippen MR) is 87.5 cm³/mol. The Labute approximate surface area is 136 Å². The van der Waals surface area contributed by atoms with Crippen molar-refractivity contribution >= 4 is 17.2 Å². The molecule has 1 amide bonds. The number of rotatable bonds is 3. The Morgan fingerprint density at radius 1 is 1.36 bits per heavy atom. The molecule has 0 aromatic carbocycles. The van der Waals surface area contributed by atoms with Crippen LogP contribution in [-0.4, -0.2) is 66.1 Å². The highest BCUT2D eigenvalue weighted by Gasteiger charge is 2.37. The number of carbonyl (C=O) groups excluding carboxylic acids is 1. The molecule has 0 bridgehead atoms. The third-order valence-corrected chi connectivity index (χ3v) is 6.00. The van der Waals surface area contributed by atoms with Gasteiger partial charge in [-0.2, -0.15) is 0 Å². The topological polar surface area (TPSA) is 45.7 Å². The van der Waals surface area contributed by atoms with Gasteiger partial charge in [0.25, 0.3) is 5.91 Å². The first-order chi connectivity index (χ1) is 10.6. The Morgan fingerprint density at radius 3 is 2.73 bits per heavy atom. The largest absolute Gasteiger partial charge is 0.379 e. The summed E-state index contributed by atoms with van der Waals surface area (Å²) in [5.74, 6) is 0.679. The van der Waals surface area contributed by atoms with Gasteiger partial charge in [0, 0.05) is 32.2 Å². The number of aromatic nitrogens is 1. The van der Waals surface area contributed by atoms with Crippen LogP contribution in [-0.2, 0) is 11.2 Å². The van der Waals surface area contributed by atoms with E-state index in [4.69, 9.17) is 4.74 Å². The summed E-state index contributed by atoms with van der Waals surface area (Å²) in [6, 6.07) is 0.465. The molecule has 6 heteroatoms. The molecule has 22 heavy (non-hydrogen) atoms. The predicted octanol–water partition coefficient (Wildman–Crippen LogP) is 1.81. The van der Waals surface area contributed by atoms with Crippen LogP contribution in [0.1, 0.15) is 34.2 Å². The quantitative estimate of drug-likeness (QED) is 0.851. The van der Waals surface area contributed by atoms with Gasteiger partial charge in [-0.1, -0.05) is 13.8 Å². The molecule has 0 N–H and O–H groups in total. The second kappa shape index (κ2) is 6.64. The summed E-state index contributed by atoms with van der Waals surface area (Å²) in [7, 11) is 0. The van der Waals surface area contributed by atoms with Crippen molar-refractivity contribution in [2.45, 2.75) is 33.2 Å². The fourth-order valence-corrected chi connectivity index (χ4v) is 4.42. The summed E-state index contributed by atoms with van der Waals surface area (Å²) >= 11 is 1.56. The van der Waals surface area contributed by atoms with Crippen LogP contribution in [0.5, 0.6) is 0 Å². The summed E-state index contributed by atoms with van der Waals surface area (Å²) in [4.78, 5) is 22.6. The Kier molecular flexibility index (Phi) is 4.80. The second-order valence-electron chi connectivity index (χ2n) is 6.28. The lowest BCUT2D eigenvalue weighted by Gasteiger charge is -2.33. The Bertz CT molecular complexity index is 539. The molecule has 2 aliphatic heterocycles. The first kappa shape index (κ1) is 15.9. The summed E-state index contributed by atoms with van der Waals surface area (Å²) in [5, 5.41) is 1.05. The second-order valence-corrected chi connectivity index (χ2v) is 7.36. The fourth-order valence-electron chi connectivity index (χ4n) is 3.45. The molecule has 2 atom stereocenters. The molecule has 2 saturated heterocycles. The van der Waals surface area contributed by atoms with Crippen LogP contribution >= 0.6 is 11.3 Å². The molecule has 122 valence electrons. The smallest absolute Gasteiger partial charge is 0.265 e. The van der Waals surface area contributed by atoms with Crippen molar-refractivity contribution in [1.82, 2.24) is 14.8 Å².